The first-order chi connectivity index (χ1) is 10.3. The summed E-state index contributed by atoms with van der Waals surface area (Å²) in [5.41, 5.74) is 1.88. The van der Waals surface area contributed by atoms with Crippen molar-refractivity contribution in [1.82, 2.24) is 15.0 Å². The van der Waals surface area contributed by atoms with Gasteiger partial charge in [-0.15, -0.1) is 11.3 Å². The predicted octanol–water partition coefficient (Wildman–Crippen LogP) is 4.64. The highest BCUT2D eigenvalue weighted by Gasteiger charge is 2.09. The Kier molecular flexibility index (Phi) is 2.94. The Morgan fingerprint density at radius 3 is 2.90 bits per heavy atom. The van der Waals surface area contributed by atoms with E-state index in [1.807, 2.05) is 41.8 Å². The second-order valence-electron chi connectivity index (χ2n) is 4.48. The van der Waals surface area contributed by atoms with Crippen LogP contribution in [0.25, 0.3) is 21.1 Å². The normalized spacial score (nSPS) is 11.1. The van der Waals surface area contributed by atoms with E-state index in [9.17, 15) is 0 Å². The molecule has 0 atom stereocenters. The largest absolute Gasteiger partial charge is 0.339 e. The van der Waals surface area contributed by atoms with Gasteiger partial charge in [0.2, 0.25) is 5.28 Å². The first-order valence-electron chi connectivity index (χ1n) is 6.33. The summed E-state index contributed by atoms with van der Waals surface area (Å²) in [4.78, 5) is 13.8. The molecular weight excluding hydrogens is 304 g/mol. The van der Waals surface area contributed by atoms with Crippen LogP contribution in [0.2, 0.25) is 5.28 Å². The van der Waals surface area contributed by atoms with Gasteiger partial charge in [0.1, 0.15) is 10.6 Å². The summed E-state index contributed by atoms with van der Waals surface area (Å²) in [5, 5.41) is 7.57. The van der Waals surface area contributed by atoms with E-state index in [1.165, 1.54) is 0 Å². The third-order valence-corrected chi connectivity index (χ3v) is 4.17. The van der Waals surface area contributed by atoms with Crippen LogP contribution in [0.4, 0.5) is 11.5 Å². The number of pyridine rings is 1. The minimum atomic E-state index is 0.241. The average Bonchev–Trinajstić information content (AvgIpc) is 2.96. The average molecular weight is 313 g/mol. The molecule has 4 rings (SSSR count). The Balaban J connectivity index is 1.89. The van der Waals surface area contributed by atoms with Crippen molar-refractivity contribution >= 4 is 55.6 Å². The number of anilines is 2. The molecule has 1 aromatic carbocycles. The monoisotopic (exact) mass is 312 g/mol. The lowest BCUT2D eigenvalue weighted by Crippen LogP contribution is -1.97. The van der Waals surface area contributed by atoms with Gasteiger partial charge < -0.3 is 5.32 Å². The summed E-state index contributed by atoms with van der Waals surface area (Å²) >= 11 is 7.54. The van der Waals surface area contributed by atoms with Gasteiger partial charge in [-0.1, -0.05) is 6.07 Å². The number of nitrogens with one attached hydrogen (secondary N) is 1. The van der Waals surface area contributed by atoms with Gasteiger partial charge >= 0.3 is 0 Å². The number of thiophene rings is 1. The summed E-state index contributed by atoms with van der Waals surface area (Å²) in [6.45, 7) is 0. The maximum absolute atomic E-state index is 6.00. The van der Waals surface area contributed by atoms with Crippen LogP contribution in [0.1, 0.15) is 0 Å². The van der Waals surface area contributed by atoms with E-state index in [0.717, 1.165) is 26.8 Å². The van der Waals surface area contributed by atoms with Crippen LogP contribution in [-0.2, 0) is 0 Å². The van der Waals surface area contributed by atoms with Crippen molar-refractivity contribution in [3.8, 4) is 0 Å². The second-order valence-corrected chi connectivity index (χ2v) is 5.71. The number of nitrogens with zero attached hydrogens (tertiary/aromatic N) is 3. The second kappa shape index (κ2) is 4.95. The number of aromatic nitrogens is 3. The van der Waals surface area contributed by atoms with Crippen LogP contribution < -0.4 is 5.32 Å². The fourth-order valence-electron chi connectivity index (χ4n) is 2.26. The first kappa shape index (κ1) is 12.5. The van der Waals surface area contributed by atoms with Crippen LogP contribution >= 0.6 is 22.9 Å². The molecule has 0 saturated heterocycles. The van der Waals surface area contributed by atoms with Gasteiger partial charge in [0.05, 0.1) is 10.9 Å². The van der Waals surface area contributed by atoms with E-state index >= 15 is 0 Å². The summed E-state index contributed by atoms with van der Waals surface area (Å²) < 4.78 is 0. The number of hydrogen-bond donors (Lipinski definition) is 1. The van der Waals surface area contributed by atoms with Crippen LogP contribution in [0.5, 0.6) is 0 Å². The molecule has 0 aliphatic heterocycles. The van der Waals surface area contributed by atoms with Crippen molar-refractivity contribution in [2.45, 2.75) is 0 Å². The predicted molar refractivity (Wildman–Crippen MR) is 87.5 cm³/mol. The van der Waals surface area contributed by atoms with Gasteiger partial charge in [0, 0.05) is 17.3 Å². The molecule has 4 nitrogen and oxygen atoms in total. The molecule has 0 radical (unpaired) electrons. The van der Waals surface area contributed by atoms with Gasteiger partial charge in [0.15, 0.2) is 0 Å². The lowest BCUT2D eigenvalue weighted by Gasteiger charge is -2.09. The zero-order chi connectivity index (χ0) is 14.2. The molecule has 4 aromatic rings. The number of benzene rings is 1. The molecule has 0 unspecified atom stereocenters. The smallest absolute Gasteiger partial charge is 0.225 e. The lowest BCUT2D eigenvalue weighted by atomic mass is 10.2. The SMILES string of the molecule is Clc1nc(Nc2cccc3ncccc23)c2ccsc2n1. The maximum Gasteiger partial charge on any atom is 0.225 e. The Hall–Kier alpha value is -2.24. The van der Waals surface area contributed by atoms with Gasteiger partial charge in [-0.05, 0) is 47.3 Å². The van der Waals surface area contributed by atoms with Crippen molar-refractivity contribution in [2.75, 3.05) is 5.32 Å². The van der Waals surface area contributed by atoms with Gasteiger partial charge in [-0.25, -0.2) is 4.98 Å². The van der Waals surface area contributed by atoms with Crippen molar-refractivity contribution in [1.29, 1.82) is 0 Å². The molecule has 0 aliphatic carbocycles. The van der Waals surface area contributed by atoms with Crippen molar-refractivity contribution in [2.24, 2.45) is 0 Å². The molecule has 0 saturated carbocycles. The highest BCUT2D eigenvalue weighted by Crippen LogP contribution is 2.31. The summed E-state index contributed by atoms with van der Waals surface area (Å²) in [5.74, 6) is 0.711. The minimum Gasteiger partial charge on any atom is -0.339 e. The third kappa shape index (κ3) is 2.20. The van der Waals surface area contributed by atoms with E-state index in [-0.39, 0.29) is 5.28 Å². The summed E-state index contributed by atoms with van der Waals surface area (Å²) in [6, 6.07) is 11.9. The molecule has 0 fully saturated rings. The van der Waals surface area contributed by atoms with Crippen LogP contribution in [0.3, 0.4) is 0 Å². The number of halogens is 1. The van der Waals surface area contributed by atoms with Crippen LogP contribution in [-0.4, -0.2) is 15.0 Å². The summed E-state index contributed by atoms with van der Waals surface area (Å²) in [6.07, 6.45) is 1.78. The molecule has 0 aliphatic rings. The fraction of sp³-hybridized carbons (Fsp3) is 0. The zero-order valence-corrected chi connectivity index (χ0v) is 12.3. The zero-order valence-electron chi connectivity index (χ0n) is 10.7. The Morgan fingerprint density at radius 1 is 1.00 bits per heavy atom. The molecule has 0 amide bonds. The quantitative estimate of drug-likeness (QED) is 0.548. The Bertz CT molecular complexity index is 945. The van der Waals surface area contributed by atoms with E-state index < -0.39 is 0 Å². The van der Waals surface area contributed by atoms with Gasteiger partial charge in [-0.3, -0.25) is 4.98 Å². The highest BCUT2D eigenvalue weighted by atomic mass is 35.5. The van der Waals surface area contributed by atoms with Crippen LogP contribution in [0.15, 0.2) is 48.0 Å². The van der Waals surface area contributed by atoms with Crippen LogP contribution in [0, 0.1) is 0 Å². The fourth-order valence-corrected chi connectivity index (χ4v) is 3.25. The molecular formula is C15H9ClN4S. The molecule has 6 heteroatoms. The lowest BCUT2D eigenvalue weighted by molar-refractivity contribution is 1.23. The van der Waals surface area contributed by atoms with Gasteiger partial charge in [0.25, 0.3) is 0 Å². The first-order valence-corrected chi connectivity index (χ1v) is 7.58. The standard InChI is InChI=1S/C15H9ClN4S/c16-15-19-13(10-6-8-21-14(10)20-15)18-12-5-1-4-11-9(12)3-2-7-17-11/h1-8H,(H,18,19,20). The van der Waals surface area contributed by atoms with Crippen molar-refractivity contribution in [3.05, 3.63) is 53.3 Å². The van der Waals surface area contributed by atoms with E-state index in [2.05, 4.69) is 20.3 Å². The Labute approximate surface area is 129 Å². The third-order valence-electron chi connectivity index (χ3n) is 3.20. The van der Waals surface area contributed by atoms with E-state index in [4.69, 9.17) is 11.6 Å². The molecule has 102 valence electrons. The molecule has 0 spiro atoms. The van der Waals surface area contributed by atoms with E-state index in [1.54, 1.807) is 17.5 Å². The van der Waals surface area contributed by atoms with E-state index in [0.29, 0.717) is 5.82 Å². The Morgan fingerprint density at radius 2 is 1.95 bits per heavy atom. The summed E-state index contributed by atoms with van der Waals surface area (Å²) in [7, 11) is 0. The molecule has 21 heavy (non-hydrogen) atoms. The number of rotatable bonds is 2. The van der Waals surface area contributed by atoms with Crippen molar-refractivity contribution < 1.29 is 0 Å². The van der Waals surface area contributed by atoms with Crippen molar-refractivity contribution in [3.63, 3.8) is 0 Å². The number of fused-ring (bicyclic) bond motifs is 2. The maximum atomic E-state index is 6.00. The molecule has 3 heterocycles. The molecule has 0 bridgehead atoms. The highest BCUT2D eigenvalue weighted by molar-refractivity contribution is 7.16. The topological polar surface area (TPSA) is 50.7 Å². The van der Waals surface area contributed by atoms with Gasteiger partial charge in [-0.2, -0.15) is 4.98 Å². The molecule has 3 aromatic heterocycles. The molecule has 1 N–H and O–H groups in total. The minimum absolute atomic E-state index is 0.241. The number of hydrogen-bond acceptors (Lipinski definition) is 5.